The predicted molar refractivity (Wildman–Crippen MR) is 67.3 cm³/mol. The minimum atomic E-state index is -0.292. The van der Waals surface area contributed by atoms with Crippen LogP contribution in [0.1, 0.15) is 10.4 Å². The first-order valence-electron chi connectivity index (χ1n) is 4.49. The smallest absolute Gasteiger partial charge is 0.337 e. The van der Waals surface area contributed by atoms with E-state index in [1.165, 1.54) is 7.11 Å². The van der Waals surface area contributed by atoms with Gasteiger partial charge in [-0.2, -0.15) is 0 Å². The Bertz CT molecular complexity index is 504. The molecule has 0 radical (unpaired) electrons. The highest BCUT2D eigenvalue weighted by molar-refractivity contribution is 14.1. The largest absolute Gasteiger partial charge is 0.465 e. The molecule has 0 unspecified atom stereocenters. The van der Waals surface area contributed by atoms with Gasteiger partial charge in [0.15, 0.2) is 0 Å². The van der Waals surface area contributed by atoms with Gasteiger partial charge in [-0.25, -0.2) is 4.79 Å². The van der Waals surface area contributed by atoms with Gasteiger partial charge in [0.1, 0.15) is 0 Å². The van der Waals surface area contributed by atoms with Crippen LogP contribution in [0.2, 0.25) is 0 Å². The van der Waals surface area contributed by atoms with Crippen LogP contribution in [0.15, 0.2) is 30.5 Å². The second kappa shape index (κ2) is 4.22. The summed E-state index contributed by atoms with van der Waals surface area (Å²) < 4.78 is 7.69. The number of hydrogen-bond donors (Lipinski definition) is 0. The lowest BCUT2D eigenvalue weighted by molar-refractivity contribution is 0.0601. The van der Waals surface area contributed by atoms with Crippen molar-refractivity contribution in [3.8, 4) is 0 Å². The van der Waals surface area contributed by atoms with Crippen molar-refractivity contribution in [2.24, 2.45) is 0 Å². The number of hydrogen-bond acceptors (Lipinski definition) is 2. The van der Waals surface area contributed by atoms with E-state index in [-0.39, 0.29) is 5.97 Å². The monoisotopic (exact) mass is 315 g/mol. The summed E-state index contributed by atoms with van der Waals surface area (Å²) in [4.78, 5) is 11.3. The Morgan fingerprint density at radius 2 is 2.27 bits per heavy atom. The first kappa shape index (κ1) is 10.5. The molecule has 2 aromatic rings. The number of alkyl halides is 1. The Labute approximate surface area is 101 Å². The van der Waals surface area contributed by atoms with Crippen LogP contribution in [-0.2, 0) is 9.29 Å². The first-order chi connectivity index (χ1) is 7.26. The molecule has 1 aromatic heterocycles. The number of carbonyl (C=O) groups is 1. The van der Waals surface area contributed by atoms with E-state index in [0.29, 0.717) is 5.56 Å². The third-order valence-corrected chi connectivity index (χ3v) is 3.06. The van der Waals surface area contributed by atoms with Gasteiger partial charge in [-0.05, 0) is 24.3 Å². The molecule has 0 spiro atoms. The molecule has 15 heavy (non-hydrogen) atoms. The summed E-state index contributed by atoms with van der Waals surface area (Å²) in [5, 5.41) is 1.06. The van der Waals surface area contributed by atoms with E-state index in [0.717, 1.165) is 15.5 Å². The Hall–Kier alpha value is -1.04. The normalized spacial score (nSPS) is 10.5. The van der Waals surface area contributed by atoms with Crippen LogP contribution in [0.4, 0.5) is 0 Å². The van der Waals surface area contributed by atoms with Crippen LogP contribution in [0.25, 0.3) is 10.9 Å². The molecular formula is C11H10INO2. The number of halogens is 1. The molecular weight excluding hydrogens is 305 g/mol. The lowest BCUT2D eigenvalue weighted by Crippen LogP contribution is -2.00. The number of nitrogens with zero attached hydrogens (tertiary/aromatic N) is 1. The van der Waals surface area contributed by atoms with Gasteiger partial charge in [0.2, 0.25) is 0 Å². The molecule has 0 saturated carbocycles. The topological polar surface area (TPSA) is 31.2 Å². The van der Waals surface area contributed by atoms with E-state index in [1.54, 1.807) is 6.07 Å². The maximum Gasteiger partial charge on any atom is 0.337 e. The Morgan fingerprint density at radius 3 is 2.93 bits per heavy atom. The number of methoxy groups -OCH3 is 1. The van der Waals surface area contributed by atoms with E-state index in [2.05, 4.69) is 31.9 Å². The number of carbonyl (C=O) groups excluding carboxylic acids is 1. The van der Waals surface area contributed by atoms with Crippen molar-refractivity contribution < 1.29 is 9.53 Å². The fourth-order valence-electron chi connectivity index (χ4n) is 1.55. The van der Waals surface area contributed by atoms with Gasteiger partial charge in [-0.1, -0.05) is 22.6 Å². The number of ether oxygens (including phenoxy) is 1. The summed E-state index contributed by atoms with van der Waals surface area (Å²) in [7, 11) is 1.39. The average molecular weight is 315 g/mol. The summed E-state index contributed by atoms with van der Waals surface area (Å²) >= 11 is 2.30. The summed E-state index contributed by atoms with van der Waals surface area (Å²) in [6.45, 7) is 0. The number of aromatic nitrogens is 1. The lowest BCUT2D eigenvalue weighted by atomic mass is 10.1. The zero-order chi connectivity index (χ0) is 10.8. The van der Waals surface area contributed by atoms with Crippen LogP contribution >= 0.6 is 22.6 Å². The molecule has 0 bridgehead atoms. The van der Waals surface area contributed by atoms with Crippen LogP contribution in [-0.4, -0.2) is 17.6 Å². The minimum Gasteiger partial charge on any atom is -0.465 e. The zero-order valence-corrected chi connectivity index (χ0v) is 10.4. The highest BCUT2D eigenvalue weighted by Crippen LogP contribution is 2.19. The maximum absolute atomic E-state index is 11.3. The Balaban J connectivity index is 2.53. The summed E-state index contributed by atoms with van der Waals surface area (Å²) in [5.74, 6) is -0.292. The number of benzene rings is 1. The van der Waals surface area contributed by atoms with Crippen LogP contribution < -0.4 is 0 Å². The highest BCUT2D eigenvalue weighted by atomic mass is 127. The van der Waals surface area contributed by atoms with Gasteiger partial charge in [0, 0.05) is 17.1 Å². The fourth-order valence-corrected chi connectivity index (χ4v) is 2.14. The van der Waals surface area contributed by atoms with Crippen molar-refractivity contribution in [2.45, 2.75) is 4.55 Å². The molecule has 0 aliphatic heterocycles. The molecule has 0 amide bonds. The highest BCUT2D eigenvalue weighted by Gasteiger charge is 2.07. The summed E-state index contributed by atoms with van der Waals surface area (Å²) in [5.41, 5.74) is 1.73. The average Bonchev–Trinajstić information content (AvgIpc) is 2.69. The molecule has 1 aromatic carbocycles. The molecule has 4 heteroatoms. The number of fused-ring (bicyclic) bond motifs is 1. The van der Waals surface area contributed by atoms with E-state index in [4.69, 9.17) is 0 Å². The summed E-state index contributed by atoms with van der Waals surface area (Å²) in [6.07, 6.45) is 2.01. The van der Waals surface area contributed by atoms with Crippen molar-refractivity contribution in [1.29, 1.82) is 0 Å². The molecule has 0 aliphatic carbocycles. The Kier molecular flexibility index (Phi) is 2.95. The van der Waals surface area contributed by atoms with Gasteiger partial charge >= 0.3 is 5.97 Å². The molecule has 0 aliphatic rings. The second-order valence-corrected chi connectivity index (χ2v) is 3.85. The lowest BCUT2D eigenvalue weighted by Gasteiger charge is -2.01. The van der Waals surface area contributed by atoms with Gasteiger partial charge in [-0.15, -0.1) is 0 Å². The van der Waals surface area contributed by atoms with E-state index < -0.39 is 0 Å². The minimum absolute atomic E-state index is 0.292. The zero-order valence-electron chi connectivity index (χ0n) is 8.24. The van der Waals surface area contributed by atoms with Gasteiger partial charge in [-0.3, -0.25) is 0 Å². The molecule has 3 nitrogen and oxygen atoms in total. The van der Waals surface area contributed by atoms with Gasteiger partial charge < -0.3 is 9.30 Å². The van der Waals surface area contributed by atoms with Crippen LogP contribution in [0.5, 0.6) is 0 Å². The quantitative estimate of drug-likeness (QED) is 0.485. The molecule has 0 saturated heterocycles. The van der Waals surface area contributed by atoms with Crippen LogP contribution in [0.3, 0.4) is 0 Å². The molecule has 0 N–H and O–H groups in total. The molecule has 78 valence electrons. The van der Waals surface area contributed by atoms with E-state index >= 15 is 0 Å². The summed E-state index contributed by atoms with van der Waals surface area (Å²) in [6, 6.07) is 7.58. The van der Waals surface area contributed by atoms with Crippen molar-refractivity contribution in [3.63, 3.8) is 0 Å². The van der Waals surface area contributed by atoms with Gasteiger partial charge in [0.05, 0.1) is 17.2 Å². The SMILES string of the molecule is COC(=O)c1ccc2c(ccn2CI)c1. The first-order valence-corrected chi connectivity index (χ1v) is 6.02. The molecule has 0 fully saturated rings. The third-order valence-electron chi connectivity index (χ3n) is 2.32. The van der Waals surface area contributed by atoms with Crippen LogP contribution in [0, 0.1) is 0 Å². The number of rotatable bonds is 2. The molecule has 2 rings (SSSR count). The maximum atomic E-state index is 11.3. The second-order valence-electron chi connectivity index (χ2n) is 3.17. The Morgan fingerprint density at radius 1 is 1.47 bits per heavy atom. The third kappa shape index (κ3) is 1.86. The standard InChI is InChI=1S/C11H10INO2/c1-15-11(14)9-2-3-10-8(6-9)4-5-13(10)7-12/h2-6H,7H2,1H3. The van der Waals surface area contributed by atoms with Crippen molar-refractivity contribution in [2.75, 3.05) is 7.11 Å². The van der Waals surface area contributed by atoms with E-state index in [9.17, 15) is 4.79 Å². The van der Waals surface area contributed by atoms with Crippen molar-refractivity contribution in [3.05, 3.63) is 36.0 Å². The molecule has 1 heterocycles. The number of esters is 1. The van der Waals surface area contributed by atoms with Gasteiger partial charge in [0.25, 0.3) is 0 Å². The molecule has 0 atom stereocenters. The predicted octanol–water partition coefficient (Wildman–Crippen LogP) is 2.82. The van der Waals surface area contributed by atoms with Crippen molar-refractivity contribution >= 4 is 39.5 Å². The van der Waals surface area contributed by atoms with Crippen molar-refractivity contribution in [1.82, 2.24) is 4.57 Å². The fraction of sp³-hybridized carbons (Fsp3) is 0.182. The van der Waals surface area contributed by atoms with E-state index in [1.807, 2.05) is 24.4 Å².